The van der Waals surface area contributed by atoms with Gasteiger partial charge in [0.05, 0.1) is 11.3 Å². The molecule has 20 heavy (non-hydrogen) atoms. The summed E-state index contributed by atoms with van der Waals surface area (Å²) in [5.74, 6) is -2.03. The quantitative estimate of drug-likeness (QED) is 0.616. The maximum atomic E-state index is 11.5. The summed E-state index contributed by atoms with van der Waals surface area (Å²) in [7, 11) is 0. The van der Waals surface area contributed by atoms with Crippen molar-refractivity contribution >= 4 is 23.3 Å². The molecule has 0 unspecified atom stereocenters. The van der Waals surface area contributed by atoms with Gasteiger partial charge in [-0.2, -0.15) is 10.1 Å². The van der Waals surface area contributed by atoms with Crippen LogP contribution in [0.3, 0.4) is 0 Å². The highest BCUT2D eigenvalue weighted by Gasteiger charge is 2.09. The van der Waals surface area contributed by atoms with E-state index in [-0.39, 0.29) is 17.2 Å². The molecule has 1 aromatic heterocycles. The Bertz CT molecular complexity index is 753. The number of carboxylic acid groups (broad SMARTS) is 1. The van der Waals surface area contributed by atoms with E-state index in [4.69, 9.17) is 10.8 Å². The zero-order valence-corrected chi connectivity index (χ0v) is 9.94. The van der Waals surface area contributed by atoms with Crippen molar-refractivity contribution in [1.82, 2.24) is 9.97 Å². The van der Waals surface area contributed by atoms with Crippen LogP contribution in [-0.2, 0) is 0 Å². The van der Waals surface area contributed by atoms with Gasteiger partial charge in [-0.1, -0.05) is 6.07 Å². The van der Waals surface area contributed by atoms with E-state index in [1.165, 1.54) is 24.3 Å². The Morgan fingerprint density at radius 2 is 2.10 bits per heavy atom. The summed E-state index contributed by atoms with van der Waals surface area (Å²) < 4.78 is 0. The van der Waals surface area contributed by atoms with E-state index >= 15 is 0 Å². The number of rotatable bonds is 3. The number of carbonyl (C=O) groups is 1. The summed E-state index contributed by atoms with van der Waals surface area (Å²) in [5, 5.41) is 25.5. The third kappa shape index (κ3) is 2.77. The van der Waals surface area contributed by atoms with Crippen LogP contribution in [0.4, 0.5) is 17.3 Å². The Balaban J connectivity index is 2.37. The number of H-pyrrole nitrogens is 1. The second-order valence-electron chi connectivity index (χ2n) is 3.68. The van der Waals surface area contributed by atoms with Gasteiger partial charge in [-0.25, -0.2) is 4.79 Å². The molecule has 9 heteroatoms. The lowest BCUT2D eigenvalue weighted by molar-refractivity contribution is 0.0697. The topological polar surface area (TPSA) is 154 Å². The molecule has 0 saturated heterocycles. The summed E-state index contributed by atoms with van der Waals surface area (Å²) in [6.45, 7) is 0. The minimum absolute atomic E-state index is 0.0232. The first-order valence-corrected chi connectivity index (χ1v) is 5.31. The van der Waals surface area contributed by atoms with Crippen LogP contribution >= 0.6 is 0 Å². The Kier molecular flexibility index (Phi) is 3.42. The number of nitrogens with one attached hydrogen (secondary N) is 1. The zero-order chi connectivity index (χ0) is 14.7. The van der Waals surface area contributed by atoms with Crippen molar-refractivity contribution in [3.8, 4) is 5.88 Å². The lowest BCUT2D eigenvalue weighted by Gasteiger charge is -1.98. The van der Waals surface area contributed by atoms with Gasteiger partial charge in [-0.15, -0.1) is 5.11 Å². The maximum absolute atomic E-state index is 11.5. The molecular weight excluding hydrogens is 266 g/mol. The fourth-order valence-corrected chi connectivity index (χ4v) is 1.37. The number of nitrogens with two attached hydrogens (primary N) is 1. The predicted molar refractivity (Wildman–Crippen MR) is 68.5 cm³/mol. The van der Waals surface area contributed by atoms with Crippen molar-refractivity contribution in [2.45, 2.75) is 0 Å². The fraction of sp³-hybridized carbons (Fsp3) is 0. The molecule has 0 aliphatic heterocycles. The molecule has 0 fully saturated rings. The number of hydrogen-bond acceptors (Lipinski definition) is 7. The normalized spacial score (nSPS) is 10.8. The van der Waals surface area contributed by atoms with Gasteiger partial charge in [0, 0.05) is 0 Å². The number of aromatic amines is 1. The minimum Gasteiger partial charge on any atom is -0.491 e. The van der Waals surface area contributed by atoms with Gasteiger partial charge in [0.1, 0.15) is 0 Å². The number of nitrogens with zero attached hydrogens (tertiary/aromatic N) is 3. The van der Waals surface area contributed by atoms with Crippen LogP contribution < -0.4 is 11.3 Å². The van der Waals surface area contributed by atoms with Gasteiger partial charge in [0.25, 0.3) is 5.56 Å². The number of benzene rings is 1. The number of aromatic hydroxyl groups is 1. The van der Waals surface area contributed by atoms with Crippen molar-refractivity contribution in [1.29, 1.82) is 0 Å². The third-order valence-corrected chi connectivity index (χ3v) is 2.25. The number of aromatic nitrogens is 2. The summed E-state index contributed by atoms with van der Waals surface area (Å²) >= 11 is 0. The second-order valence-corrected chi connectivity index (χ2v) is 3.68. The smallest absolute Gasteiger partial charge is 0.335 e. The molecule has 0 aliphatic carbocycles. The first kappa shape index (κ1) is 13.2. The van der Waals surface area contributed by atoms with Gasteiger partial charge in [-0.3, -0.25) is 9.78 Å². The van der Waals surface area contributed by atoms with Gasteiger partial charge >= 0.3 is 5.97 Å². The summed E-state index contributed by atoms with van der Waals surface area (Å²) in [4.78, 5) is 27.8. The van der Waals surface area contributed by atoms with Crippen LogP contribution in [0.2, 0.25) is 0 Å². The Morgan fingerprint density at radius 3 is 2.75 bits per heavy atom. The summed E-state index contributed by atoms with van der Waals surface area (Å²) in [5.41, 5.74) is 4.28. The van der Waals surface area contributed by atoms with E-state index in [2.05, 4.69) is 20.2 Å². The van der Waals surface area contributed by atoms with Crippen LogP contribution in [0.1, 0.15) is 10.4 Å². The summed E-state index contributed by atoms with van der Waals surface area (Å²) in [6, 6.07) is 5.62. The lowest BCUT2D eigenvalue weighted by Crippen LogP contribution is -2.09. The molecular formula is C11H9N5O4. The average Bonchev–Trinajstić information content (AvgIpc) is 2.37. The van der Waals surface area contributed by atoms with Crippen LogP contribution in [0.5, 0.6) is 5.88 Å². The van der Waals surface area contributed by atoms with E-state index in [0.29, 0.717) is 0 Å². The largest absolute Gasteiger partial charge is 0.491 e. The molecule has 0 atom stereocenters. The Hall–Kier alpha value is -3.23. The Morgan fingerprint density at radius 1 is 1.35 bits per heavy atom. The molecule has 0 aliphatic rings. The van der Waals surface area contributed by atoms with Crippen molar-refractivity contribution in [2.24, 2.45) is 10.2 Å². The molecule has 2 aromatic rings. The molecule has 0 bridgehead atoms. The molecule has 0 saturated carbocycles. The van der Waals surface area contributed by atoms with Gasteiger partial charge in [0.15, 0.2) is 0 Å². The highest BCUT2D eigenvalue weighted by atomic mass is 16.4. The second kappa shape index (κ2) is 5.18. The van der Waals surface area contributed by atoms with Crippen molar-refractivity contribution in [3.05, 3.63) is 40.2 Å². The van der Waals surface area contributed by atoms with E-state index in [1.54, 1.807) is 0 Å². The molecule has 1 heterocycles. The first-order valence-electron chi connectivity index (χ1n) is 5.31. The summed E-state index contributed by atoms with van der Waals surface area (Å²) in [6.07, 6.45) is 0. The van der Waals surface area contributed by atoms with Crippen LogP contribution in [-0.4, -0.2) is 26.2 Å². The molecule has 2 rings (SSSR count). The standard InChI is InChI=1S/C11H9N5O4/c12-11-13-8(17)7(9(18)14-11)16-15-6-3-1-2-5(4-6)10(19)20/h1-4H,(H,19,20)(H4,12,13,14,17,18). The highest BCUT2D eigenvalue weighted by molar-refractivity contribution is 5.88. The number of hydrogen-bond donors (Lipinski definition) is 4. The van der Waals surface area contributed by atoms with E-state index in [9.17, 15) is 14.7 Å². The van der Waals surface area contributed by atoms with E-state index in [1.807, 2.05) is 0 Å². The number of anilines is 1. The van der Waals surface area contributed by atoms with Gasteiger partial charge in [-0.05, 0) is 18.2 Å². The van der Waals surface area contributed by atoms with Crippen molar-refractivity contribution < 1.29 is 15.0 Å². The Labute approximate surface area is 111 Å². The molecule has 0 spiro atoms. The SMILES string of the molecule is Nc1nc(O)c(N=Nc2cccc(C(=O)O)c2)c(=O)[nH]1. The molecule has 5 N–H and O–H groups in total. The van der Waals surface area contributed by atoms with E-state index < -0.39 is 23.1 Å². The lowest BCUT2D eigenvalue weighted by atomic mass is 10.2. The highest BCUT2D eigenvalue weighted by Crippen LogP contribution is 2.22. The maximum Gasteiger partial charge on any atom is 0.335 e. The third-order valence-electron chi connectivity index (χ3n) is 2.25. The van der Waals surface area contributed by atoms with Crippen LogP contribution in [0.25, 0.3) is 0 Å². The molecule has 0 amide bonds. The first-order chi connectivity index (χ1) is 9.47. The number of aromatic carboxylic acids is 1. The number of nitrogen functional groups attached to an aromatic ring is 1. The monoisotopic (exact) mass is 275 g/mol. The minimum atomic E-state index is -1.11. The van der Waals surface area contributed by atoms with Gasteiger partial charge < -0.3 is 15.9 Å². The van der Waals surface area contributed by atoms with Gasteiger partial charge in [0.2, 0.25) is 17.5 Å². The van der Waals surface area contributed by atoms with E-state index in [0.717, 1.165) is 0 Å². The van der Waals surface area contributed by atoms with Crippen molar-refractivity contribution in [2.75, 3.05) is 5.73 Å². The average molecular weight is 275 g/mol. The fourth-order valence-electron chi connectivity index (χ4n) is 1.37. The zero-order valence-electron chi connectivity index (χ0n) is 9.94. The predicted octanol–water partition coefficient (Wildman–Crippen LogP) is 1.17. The molecule has 102 valence electrons. The number of carboxylic acids is 1. The molecule has 9 nitrogen and oxygen atoms in total. The van der Waals surface area contributed by atoms with Crippen LogP contribution in [0.15, 0.2) is 39.3 Å². The van der Waals surface area contributed by atoms with Crippen molar-refractivity contribution in [3.63, 3.8) is 0 Å². The van der Waals surface area contributed by atoms with Crippen LogP contribution in [0, 0.1) is 0 Å². The molecule has 1 aromatic carbocycles. The molecule has 0 radical (unpaired) electrons. The number of azo groups is 1.